The number of pyridine rings is 1. The summed E-state index contributed by atoms with van der Waals surface area (Å²) in [5.41, 5.74) is 1.09. The molecule has 0 N–H and O–H groups in total. The van der Waals surface area contributed by atoms with Gasteiger partial charge in [0.25, 0.3) is 0 Å². The van der Waals surface area contributed by atoms with Crippen molar-refractivity contribution in [2.75, 3.05) is 17.6 Å². The van der Waals surface area contributed by atoms with Gasteiger partial charge in [-0.2, -0.15) is 0 Å². The molecule has 1 unspecified atom stereocenters. The van der Waals surface area contributed by atoms with Crippen molar-refractivity contribution in [3.05, 3.63) is 58.4 Å². The van der Waals surface area contributed by atoms with E-state index in [0.717, 1.165) is 16.1 Å². The van der Waals surface area contributed by atoms with E-state index < -0.39 is 35.6 Å². The molecule has 1 aromatic carbocycles. The third kappa shape index (κ3) is 4.73. The average molecular weight is 543 g/mol. The molecule has 0 saturated heterocycles. The molecule has 34 heavy (non-hydrogen) atoms. The van der Waals surface area contributed by atoms with Crippen molar-refractivity contribution >= 4 is 63.6 Å². The van der Waals surface area contributed by atoms with Gasteiger partial charge in [0, 0.05) is 23.6 Å². The fourth-order valence-electron chi connectivity index (χ4n) is 3.42. The van der Waals surface area contributed by atoms with Crippen LogP contribution in [0, 0.1) is 5.41 Å². The molecular formula is C23H27ClN2O5S3. The summed E-state index contributed by atoms with van der Waals surface area (Å²) in [6, 6.07) is 8.59. The SMILES string of the molecule is CN(c1cccc(C2=C(OC(=O)C(C)(C)C)c3ncccc3C(C)(C)S2=S=O)c1Cl)S(C)(=O)=O. The molecule has 0 spiro atoms. The minimum atomic E-state index is -3.60. The molecule has 11 heteroatoms. The number of hydrogen-bond acceptors (Lipinski definition) is 6. The van der Waals surface area contributed by atoms with Crippen molar-refractivity contribution in [3.8, 4) is 0 Å². The van der Waals surface area contributed by atoms with Crippen molar-refractivity contribution in [1.82, 2.24) is 4.98 Å². The number of rotatable bonds is 4. The summed E-state index contributed by atoms with van der Waals surface area (Å²) in [6.45, 7) is 9.07. The van der Waals surface area contributed by atoms with Crippen molar-refractivity contribution in [2.24, 2.45) is 5.41 Å². The number of nitrogens with zero attached hydrogens (tertiary/aromatic N) is 2. The Morgan fingerprint density at radius 3 is 2.41 bits per heavy atom. The highest BCUT2D eigenvalue weighted by atomic mass is 35.5. The second kappa shape index (κ2) is 9.22. The molecule has 1 aliphatic rings. The number of fused-ring (bicyclic) bond motifs is 1. The van der Waals surface area contributed by atoms with Crippen LogP contribution in [0.4, 0.5) is 5.69 Å². The Labute approximate surface area is 210 Å². The molecule has 1 aliphatic heterocycles. The molecule has 2 aromatic rings. The molecule has 0 fully saturated rings. The van der Waals surface area contributed by atoms with Gasteiger partial charge in [0.15, 0.2) is 5.76 Å². The molecule has 0 radical (unpaired) electrons. The smallest absolute Gasteiger partial charge is 0.316 e. The van der Waals surface area contributed by atoms with E-state index in [9.17, 15) is 17.4 Å². The van der Waals surface area contributed by atoms with Gasteiger partial charge in [-0.3, -0.25) is 14.1 Å². The molecule has 0 saturated carbocycles. The number of aromatic nitrogens is 1. The Morgan fingerprint density at radius 1 is 1.21 bits per heavy atom. The largest absolute Gasteiger partial charge is 0.423 e. The first-order valence-electron chi connectivity index (χ1n) is 10.3. The maximum Gasteiger partial charge on any atom is 0.316 e. The number of sulfonamides is 1. The van der Waals surface area contributed by atoms with Crippen LogP contribution in [0.5, 0.6) is 0 Å². The third-order valence-electron chi connectivity index (χ3n) is 5.46. The highest BCUT2D eigenvalue weighted by molar-refractivity contribution is 8.36. The van der Waals surface area contributed by atoms with Crippen molar-refractivity contribution in [2.45, 2.75) is 39.4 Å². The van der Waals surface area contributed by atoms with Crippen LogP contribution < -0.4 is 4.31 Å². The van der Waals surface area contributed by atoms with Crippen molar-refractivity contribution in [1.29, 1.82) is 0 Å². The van der Waals surface area contributed by atoms with Crippen LogP contribution in [-0.2, 0) is 44.0 Å². The lowest BCUT2D eigenvalue weighted by molar-refractivity contribution is -0.145. The molecule has 3 rings (SSSR count). The molecule has 0 bridgehead atoms. The Morgan fingerprint density at radius 2 is 1.85 bits per heavy atom. The third-order valence-corrected chi connectivity index (χ3v) is 11.3. The number of carbonyl (C=O) groups excluding carboxylic acids is 1. The lowest BCUT2D eigenvalue weighted by Crippen LogP contribution is -2.32. The number of anilines is 1. The zero-order valence-corrected chi connectivity index (χ0v) is 23.2. The monoisotopic (exact) mass is 542 g/mol. The maximum absolute atomic E-state index is 13.0. The zero-order valence-electron chi connectivity index (χ0n) is 20.0. The van der Waals surface area contributed by atoms with Gasteiger partial charge in [0.05, 0.1) is 27.3 Å². The quantitative estimate of drug-likeness (QED) is 0.526. The van der Waals surface area contributed by atoms with E-state index in [0.29, 0.717) is 26.4 Å². The summed E-state index contributed by atoms with van der Waals surface area (Å²) in [5, 5.41) is 0.136. The number of ether oxygens (including phenoxy) is 1. The summed E-state index contributed by atoms with van der Waals surface area (Å²) in [5.74, 6) is -0.320. The number of esters is 1. The summed E-state index contributed by atoms with van der Waals surface area (Å²) in [7, 11) is -2.87. The minimum absolute atomic E-state index is 0.136. The normalized spacial score (nSPS) is 17.7. The highest BCUT2D eigenvalue weighted by Crippen LogP contribution is 2.49. The first-order chi connectivity index (χ1) is 15.6. The van der Waals surface area contributed by atoms with E-state index in [-0.39, 0.29) is 16.5 Å². The van der Waals surface area contributed by atoms with Crippen LogP contribution in [-0.4, -0.2) is 36.9 Å². The van der Waals surface area contributed by atoms with E-state index in [1.54, 1.807) is 51.2 Å². The van der Waals surface area contributed by atoms with Gasteiger partial charge in [0.2, 0.25) is 10.0 Å². The average Bonchev–Trinajstić information content (AvgIpc) is 2.74. The van der Waals surface area contributed by atoms with E-state index in [1.165, 1.54) is 7.05 Å². The second-order valence-corrected chi connectivity index (χ2v) is 15.3. The minimum Gasteiger partial charge on any atom is -0.423 e. The van der Waals surface area contributed by atoms with Gasteiger partial charge >= 0.3 is 5.97 Å². The molecule has 0 amide bonds. The maximum atomic E-state index is 13.0. The fraction of sp³-hybridized carbons (Fsp3) is 0.391. The Hall–Kier alpha value is -2.01. The summed E-state index contributed by atoms with van der Waals surface area (Å²) < 4.78 is 43.4. The number of benzene rings is 1. The number of halogens is 1. The van der Waals surface area contributed by atoms with E-state index in [2.05, 4.69) is 4.98 Å². The van der Waals surface area contributed by atoms with E-state index in [4.69, 9.17) is 16.3 Å². The first kappa shape index (κ1) is 26.6. The van der Waals surface area contributed by atoms with Gasteiger partial charge in [-0.15, -0.1) is 0 Å². The van der Waals surface area contributed by atoms with Gasteiger partial charge in [0.1, 0.15) is 15.9 Å². The van der Waals surface area contributed by atoms with Crippen LogP contribution in [0.1, 0.15) is 51.4 Å². The van der Waals surface area contributed by atoms with Gasteiger partial charge in [-0.05, 0) is 61.8 Å². The van der Waals surface area contributed by atoms with Crippen molar-refractivity contribution < 1.29 is 22.2 Å². The molecule has 7 nitrogen and oxygen atoms in total. The van der Waals surface area contributed by atoms with Crippen molar-refractivity contribution in [3.63, 3.8) is 0 Å². The molecule has 184 valence electrons. The van der Waals surface area contributed by atoms with Gasteiger partial charge < -0.3 is 4.74 Å². The summed E-state index contributed by atoms with van der Waals surface area (Å²) in [6.07, 6.45) is 2.68. The summed E-state index contributed by atoms with van der Waals surface area (Å²) >= 11 is 6.77. The molecule has 0 aliphatic carbocycles. The Bertz CT molecular complexity index is 1370. The molecule has 1 atom stereocenters. The fourth-order valence-corrected chi connectivity index (χ4v) is 7.65. The molecule has 2 heterocycles. The van der Waals surface area contributed by atoms with E-state index in [1.807, 2.05) is 19.9 Å². The zero-order chi connectivity index (χ0) is 25.6. The van der Waals surface area contributed by atoms with Gasteiger partial charge in [-0.25, -0.2) is 12.6 Å². The van der Waals surface area contributed by atoms with Crippen LogP contribution in [0.15, 0.2) is 36.5 Å². The van der Waals surface area contributed by atoms with Crippen LogP contribution in [0.3, 0.4) is 0 Å². The van der Waals surface area contributed by atoms with Crippen LogP contribution in [0.25, 0.3) is 10.7 Å². The predicted molar refractivity (Wildman–Crippen MR) is 140 cm³/mol. The number of hydrogen-bond donors (Lipinski definition) is 0. The van der Waals surface area contributed by atoms with Gasteiger partial charge in [-0.1, -0.05) is 29.8 Å². The molecular weight excluding hydrogens is 516 g/mol. The summed E-state index contributed by atoms with van der Waals surface area (Å²) in [4.78, 5) is 17.9. The van der Waals surface area contributed by atoms with Crippen LogP contribution in [0.2, 0.25) is 5.02 Å². The van der Waals surface area contributed by atoms with Crippen LogP contribution >= 0.6 is 11.6 Å². The Balaban J connectivity index is 2.45. The Kier molecular flexibility index (Phi) is 7.21. The highest BCUT2D eigenvalue weighted by Gasteiger charge is 2.42. The van der Waals surface area contributed by atoms with E-state index >= 15 is 0 Å². The first-order valence-corrected chi connectivity index (χ1v) is 15.0. The topological polar surface area (TPSA) is 93.6 Å². The standard InChI is InChI=1S/C23H27ClN2O5S3/c1-22(2,3)21(27)31-19-18-15(11-9-13-25-18)23(4,5)33(32-28)20(19)14-10-8-12-16(17(14)24)26(6)34(7,29)30/h8-13H,1-7H3. The lowest BCUT2D eigenvalue weighted by Gasteiger charge is -2.36. The molecule has 1 aromatic heterocycles. The predicted octanol–water partition coefficient (Wildman–Crippen LogP) is 4.54. The number of carbonyl (C=O) groups is 1. The second-order valence-electron chi connectivity index (χ2n) is 9.41. The lowest BCUT2D eigenvalue weighted by atomic mass is 9.96.